The van der Waals surface area contributed by atoms with Crippen molar-refractivity contribution in [3.63, 3.8) is 0 Å². The van der Waals surface area contributed by atoms with E-state index in [4.69, 9.17) is 23.1 Å². The van der Waals surface area contributed by atoms with Crippen LogP contribution < -0.4 is 11.5 Å². The Morgan fingerprint density at radius 2 is 2.20 bits per heavy atom. The minimum atomic E-state index is -0.602. The van der Waals surface area contributed by atoms with Crippen molar-refractivity contribution in [2.45, 2.75) is 0 Å². The third-order valence-electron chi connectivity index (χ3n) is 1.64. The predicted octanol–water partition coefficient (Wildman–Crippen LogP) is 1.14. The first-order valence-corrected chi connectivity index (χ1v) is 4.36. The second-order valence-electron chi connectivity index (χ2n) is 2.65. The second-order valence-corrected chi connectivity index (χ2v) is 3.09. The van der Waals surface area contributed by atoms with Crippen molar-refractivity contribution >= 4 is 23.0 Å². The third kappa shape index (κ3) is 2.59. The van der Waals surface area contributed by atoms with Crippen LogP contribution in [0.1, 0.15) is 5.56 Å². The fourth-order valence-electron chi connectivity index (χ4n) is 1.00. The Balaban J connectivity index is 3.34. The van der Waals surface area contributed by atoms with Crippen LogP contribution >= 0.6 is 11.6 Å². The summed E-state index contributed by atoms with van der Waals surface area (Å²) < 4.78 is 0. The lowest BCUT2D eigenvalue weighted by molar-refractivity contribution is -0.383. The van der Waals surface area contributed by atoms with Gasteiger partial charge in [0.1, 0.15) is 5.69 Å². The van der Waals surface area contributed by atoms with E-state index in [0.29, 0.717) is 5.56 Å². The Hall–Kier alpha value is -1.77. The molecule has 1 aromatic rings. The molecule has 1 rings (SSSR count). The number of hydrogen-bond donors (Lipinski definition) is 2. The van der Waals surface area contributed by atoms with Gasteiger partial charge in [0.2, 0.25) is 0 Å². The standard InChI is InChI=1S/C9H8ClN3O2/c10-7-4-6(2-1-3-11)9(12)8(5-7)13(14)15/h4-5H,3,11-12H2. The van der Waals surface area contributed by atoms with Gasteiger partial charge < -0.3 is 11.5 Å². The summed E-state index contributed by atoms with van der Waals surface area (Å²) in [4.78, 5) is 9.99. The number of rotatable bonds is 1. The highest BCUT2D eigenvalue weighted by Crippen LogP contribution is 2.28. The number of benzene rings is 1. The molecule has 0 aliphatic carbocycles. The van der Waals surface area contributed by atoms with Gasteiger partial charge in [0.05, 0.1) is 17.0 Å². The van der Waals surface area contributed by atoms with Crippen LogP contribution in [0, 0.1) is 22.0 Å². The van der Waals surface area contributed by atoms with E-state index in [1.54, 1.807) is 0 Å². The van der Waals surface area contributed by atoms with E-state index in [1.807, 2.05) is 0 Å². The second kappa shape index (κ2) is 4.64. The first-order chi connectivity index (χ1) is 7.06. The SMILES string of the molecule is NCC#Cc1cc(Cl)cc([N+](=O)[O-])c1N. The maximum absolute atomic E-state index is 10.6. The number of hydrogen-bond acceptors (Lipinski definition) is 4. The molecule has 0 saturated carbocycles. The molecule has 78 valence electrons. The van der Waals surface area contributed by atoms with Gasteiger partial charge in [-0.1, -0.05) is 23.4 Å². The molecule has 0 spiro atoms. The number of nitro benzene ring substituents is 1. The van der Waals surface area contributed by atoms with Crippen molar-refractivity contribution < 1.29 is 4.92 Å². The van der Waals surface area contributed by atoms with Gasteiger partial charge >= 0.3 is 0 Å². The molecule has 0 unspecified atom stereocenters. The lowest BCUT2D eigenvalue weighted by atomic mass is 10.1. The van der Waals surface area contributed by atoms with E-state index in [9.17, 15) is 10.1 Å². The van der Waals surface area contributed by atoms with Crippen molar-refractivity contribution in [3.8, 4) is 11.8 Å². The van der Waals surface area contributed by atoms with Crippen LogP contribution in [-0.4, -0.2) is 11.5 Å². The molecule has 5 nitrogen and oxygen atoms in total. The maximum atomic E-state index is 10.6. The van der Waals surface area contributed by atoms with E-state index >= 15 is 0 Å². The summed E-state index contributed by atoms with van der Waals surface area (Å²) in [5, 5.41) is 10.8. The first-order valence-electron chi connectivity index (χ1n) is 3.98. The molecule has 0 bridgehead atoms. The number of nitrogen functional groups attached to an aromatic ring is 1. The minimum Gasteiger partial charge on any atom is -0.392 e. The van der Waals surface area contributed by atoms with E-state index in [0.717, 1.165) is 0 Å². The topological polar surface area (TPSA) is 95.2 Å². The molecule has 0 atom stereocenters. The molecule has 15 heavy (non-hydrogen) atoms. The van der Waals surface area contributed by atoms with Gasteiger partial charge in [-0.3, -0.25) is 10.1 Å². The normalized spacial score (nSPS) is 9.20. The molecule has 0 aromatic heterocycles. The quantitative estimate of drug-likeness (QED) is 0.324. The first kappa shape index (κ1) is 11.3. The van der Waals surface area contributed by atoms with Gasteiger partial charge in [0.25, 0.3) is 5.69 Å². The van der Waals surface area contributed by atoms with Gasteiger partial charge in [-0.25, -0.2) is 0 Å². The lowest BCUT2D eigenvalue weighted by Gasteiger charge is -2.00. The average molecular weight is 226 g/mol. The lowest BCUT2D eigenvalue weighted by Crippen LogP contribution is -1.99. The number of nitrogens with zero attached hydrogens (tertiary/aromatic N) is 1. The molecule has 1 aromatic carbocycles. The molecule has 6 heteroatoms. The van der Waals surface area contributed by atoms with E-state index in [-0.39, 0.29) is 22.9 Å². The minimum absolute atomic E-state index is 0.00495. The van der Waals surface area contributed by atoms with Crippen LogP contribution in [0.2, 0.25) is 5.02 Å². The van der Waals surface area contributed by atoms with Gasteiger partial charge in [0, 0.05) is 11.1 Å². The fourth-order valence-corrected chi connectivity index (χ4v) is 1.22. The average Bonchev–Trinajstić information content (AvgIpc) is 2.18. The summed E-state index contributed by atoms with van der Waals surface area (Å²) in [5.74, 6) is 5.18. The summed E-state index contributed by atoms with van der Waals surface area (Å²) in [7, 11) is 0. The number of nitro groups is 1. The highest BCUT2D eigenvalue weighted by atomic mass is 35.5. The zero-order valence-corrected chi connectivity index (χ0v) is 8.41. The van der Waals surface area contributed by atoms with Crippen LogP contribution in [0.5, 0.6) is 0 Å². The zero-order chi connectivity index (χ0) is 11.4. The van der Waals surface area contributed by atoms with Crippen molar-refractivity contribution in [2.24, 2.45) is 5.73 Å². The van der Waals surface area contributed by atoms with Crippen LogP contribution in [-0.2, 0) is 0 Å². The number of anilines is 1. The predicted molar refractivity (Wildman–Crippen MR) is 58.5 cm³/mol. The molecule has 0 fully saturated rings. The highest BCUT2D eigenvalue weighted by Gasteiger charge is 2.15. The largest absolute Gasteiger partial charge is 0.392 e. The number of halogens is 1. The maximum Gasteiger partial charge on any atom is 0.294 e. The van der Waals surface area contributed by atoms with E-state index in [2.05, 4.69) is 11.8 Å². The molecular formula is C9H8ClN3O2. The van der Waals surface area contributed by atoms with Gasteiger partial charge in [0.15, 0.2) is 0 Å². The Bertz CT molecular complexity index is 462. The van der Waals surface area contributed by atoms with E-state index in [1.165, 1.54) is 12.1 Å². The van der Waals surface area contributed by atoms with Gasteiger partial charge in [-0.15, -0.1) is 0 Å². The number of nitrogens with two attached hydrogens (primary N) is 2. The zero-order valence-electron chi connectivity index (χ0n) is 7.66. The molecular weight excluding hydrogens is 218 g/mol. The van der Waals surface area contributed by atoms with Crippen molar-refractivity contribution in [1.29, 1.82) is 0 Å². The molecule has 0 heterocycles. The molecule has 4 N–H and O–H groups in total. The van der Waals surface area contributed by atoms with Crippen molar-refractivity contribution in [2.75, 3.05) is 12.3 Å². The van der Waals surface area contributed by atoms with E-state index < -0.39 is 4.92 Å². The monoisotopic (exact) mass is 225 g/mol. The third-order valence-corrected chi connectivity index (χ3v) is 1.86. The summed E-state index contributed by atoms with van der Waals surface area (Å²) in [6.45, 7) is 0.153. The Morgan fingerprint density at radius 1 is 1.53 bits per heavy atom. The molecule has 0 amide bonds. The van der Waals surface area contributed by atoms with Crippen LogP contribution in [0.3, 0.4) is 0 Å². The molecule has 0 aliphatic rings. The summed E-state index contributed by atoms with van der Waals surface area (Å²) in [6.07, 6.45) is 0. The molecule has 0 radical (unpaired) electrons. The Kier molecular flexibility index (Phi) is 3.50. The van der Waals surface area contributed by atoms with Crippen molar-refractivity contribution in [3.05, 3.63) is 32.8 Å². The Morgan fingerprint density at radius 3 is 2.73 bits per heavy atom. The fraction of sp³-hybridized carbons (Fsp3) is 0.111. The van der Waals surface area contributed by atoms with Crippen LogP contribution in [0.25, 0.3) is 0 Å². The Labute approximate surface area is 91.2 Å². The summed E-state index contributed by atoms with van der Waals surface area (Å²) in [6, 6.07) is 2.65. The highest BCUT2D eigenvalue weighted by molar-refractivity contribution is 6.31. The molecule has 0 saturated heterocycles. The van der Waals surface area contributed by atoms with Crippen LogP contribution in [0.15, 0.2) is 12.1 Å². The smallest absolute Gasteiger partial charge is 0.294 e. The summed E-state index contributed by atoms with van der Waals surface area (Å²) in [5.41, 5.74) is 10.8. The van der Waals surface area contributed by atoms with Gasteiger partial charge in [-0.2, -0.15) is 0 Å². The van der Waals surface area contributed by atoms with Gasteiger partial charge in [-0.05, 0) is 6.07 Å². The van der Waals surface area contributed by atoms with Crippen molar-refractivity contribution in [1.82, 2.24) is 0 Å². The molecule has 0 aliphatic heterocycles. The summed E-state index contributed by atoms with van der Waals surface area (Å²) >= 11 is 5.69. The van der Waals surface area contributed by atoms with Crippen LogP contribution in [0.4, 0.5) is 11.4 Å².